The Morgan fingerprint density at radius 1 is 1.28 bits per heavy atom. The molecule has 9 heteroatoms. The number of benzene rings is 1. The Labute approximate surface area is 210 Å². The highest BCUT2D eigenvalue weighted by Gasteiger charge is 2.43. The minimum Gasteiger partial charge on any atom is -0.382 e. The van der Waals surface area contributed by atoms with Crippen LogP contribution in [0, 0.1) is 12.8 Å². The molecule has 1 saturated heterocycles. The number of amides is 1. The summed E-state index contributed by atoms with van der Waals surface area (Å²) in [5.74, 6) is -0.183. The zero-order valence-corrected chi connectivity index (χ0v) is 21.0. The molecule has 36 heavy (non-hydrogen) atoms. The molecule has 196 valence electrons. The van der Waals surface area contributed by atoms with E-state index < -0.39 is 12.3 Å². The highest BCUT2D eigenvalue weighted by atomic mass is 19.4. The quantitative estimate of drug-likeness (QED) is 0.539. The number of ether oxygens (including phenoxy) is 2. The second kappa shape index (κ2) is 11.3. The lowest BCUT2D eigenvalue weighted by Gasteiger charge is -2.34. The molecule has 4 rings (SSSR count). The third-order valence-corrected chi connectivity index (χ3v) is 7.13. The van der Waals surface area contributed by atoms with Crippen LogP contribution in [0.25, 0.3) is 0 Å². The summed E-state index contributed by atoms with van der Waals surface area (Å²) >= 11 is 0. The second-order valence-corrected chi connectivity index (χ2v) is 9.82. The summed E-state index contributed by atoms with van der Waals surface area (Å²) in [6.45, 7) is 5.79. The monoisotopic (exact) mass is 505 g/mol. The van der Waals surface area contributed by atoms with Crippen molar-refractivity contribution in [3.8, 4) is 0 Å². The van der Waals surface area contributed by atoms with E-state index in [1.54, 1.807) is 13.3 Å². The van der Waals surface area contributed by atoms with Gasteiger partial charge in [0.2, 0.25) is 0 Å². The molecule has 0 bridgehead atoms. The number of hydrogen-bond donors (Lipinski definition) is 1. The second-order valence-electron chi connectivity index (χ2n) is 9.82. The smallest absolute Gasteiger partial charge is 0.382 e. The number of hydrogen-bond acceptors (Lipinski definition) is 5. The Morgan fingerprint density at radius 3 is 2.64 bits per heavy atom. The predicted octanol–water partition coefficient (Wildman–Crippen LogP) is 5.13. The van der Waals surface area contributed by atoms with E-state index in [9.17, 15) is 18.0 Å². The summed E-state index contributed by atoms with van der Waals surface area (Å²) in [6, 6.07) is 9.64. The van der Waals surface area contributed by atoms with Gasteiger partial charge in [0, 0.05) is 26.4 Å². The van der Waals surface area contributed by atoms with Gasteiger partial charge in [-0.1, -0.05) is 36.8 Å². The van der Waals surface area contributed by atoms with E-state index in [1.165, 1.54) is 0 Å². The number of aryl methyl sites for hydroxylation is 1. The third kappa shape index (κ3) is 6.07. The van der Waals surface area contributed by atoms with Crippen LogP contribution < -0.4 is 5.32 Å². The lowest BCUT2D eigenvalue weighted by Crippen LogP contribution is -2.40. The van der Waals surface area contributed by atoms with Crippen molar-refractivity contribution in [1.82, 2.24) is 15.2 Å². The summed E-state index contributed by atoms with van der Waals surface area (Å²) in [7, 11) is 1.60. The molecule has 2 aliphatic heterocycles. The van der Waals surface area contributed by atoms with Crippen molar-refractivity contribution < 1.29 is 27.4 Å². The fraction of sp³-hybridized carbons (Fsp3) is 0.556. The van der Waals surface area contributed by atoms with Crippen LogP contribution in [-0.4, -0.2) is 54.9 Å². The van der Waals surface area contributed by atoms with Gasteiger partial charge in [-0.15, -0.1) is 0 Å². The van der Waals surface area contributed by atoms with Gasteiger partial charge in [0.05, 0.1) is 36.6 Å². The van der Waals surface area contributed by atoms with Gasteiger partial charge in [-0.25, -0.2) is 0 Å². The number of rotatable bonds is 8. The normalized spacial score (nSPS) is 23.3. The number of pyridine rings is 1. The lowest BCUT2D eigenvalue weighted by atomic mass is 9.97. The molecule has 1 aromatic carbocycles. The minimum absolute atomic E-state index is 0.00204. The van der Waals surface area contributed by atoms with E-state index in [-0.39, 0.29) is 36.9 Å². The number of carbonyl (C=O) groups is 1. The molecule has 1 aromatic heterocycles. The molecule has 0 aliphatic carbocycles. The first-order valence-electron chi connectivity index (χ1n) is 12.5. The van der Waals surface area contributed by atoms with E-state index in [4.69, 9.17) is 9.47 Å². The number of carbonyl (C=O) groups excluding carboxylic acids is 1. The maximum absolute atomic E-state index is 13.1. The van der Waals surface area contributed by atoms with Gasteiger partial charge < -0.3 is 14.8 Å². The number of alkyl halides is 3. The van der Waals surface area contributed by atoms with E-state index in [2.05, 4.69) is 22.1 Å². The van der Waals surface area contributed by atoms with Gasteiger partial charge in [0.15, 0.2) is 6.10 Å². The van der Waals surface area contributed by atoms with Crippen molar-refractivity contribution in [2.45, 2.75) is 64.0 Å². The Kier molecular flexibility index (Phi) is 8.32. The number of halogens is 3. The summed E-state index contributed by atoms with van der Waals surface area (Å²) in [4.78, 5) is 20.0. The molecule has 2 aliphatic rings. The molecule has 3 heterocycles. The van der Waals surface area contributed by atoms with Crippen LogP contribution in [0.15, 0.2) is 36.5 Å². The van der Waals surface area contributed by atoms with Crippen molar-refractivity contribution in [3.05, 3.63) is 64.5 Å². The Balaban J connectivity index is 1.42. The van der Waals surface area contributed by atoms with Crippen LogP contribution >= 0.6 is 0 Å². The van der Waals surface area contributed by atoms with Crippen molar-refractivity contribution >= 4 is 5.91 Å². The maximum Gasteiger partial charge on any atom is 0.414 e. The lowest BCUT2D eigenvalue weighted by molar-refractivity contribution is -0.236. The molecule has 4 atom stereocenters. The molecule has 6 nitrogen and oxygen atoms in total. The molecule has 0 spiro atoms. The summed E-state index contributed by atoms with van der Waals surface area (Å²) in [5.41, 5.74) is 4.50. The molecule has 0 saturated carbocycles. The van der Waals surface area contributed by atoms with Crippen LogP contribution in [0.5, 0.6) is 0 Å². The zero-order chi connectivity index (χ0) is 25.9. The Hall–Kier alpha value is -2.49. The Morgan fingerprint density at radius 2 is 2.03 bits per heavy atom. The first-order valence-corrected chi connectivity index (χ1v) is 12.5. The fourth-order valence-electron chi connectivity index (χ4n) is 5.19. The van der Waals surface area contributed by atoms with E-state index in [0.29, 0.717) is 31.7 Å². The SMILES string of the molecule is CC[C@H]1c2ncc(C(=O)N[C@@H](COC)c3ccc(C)cc3)cc2CN1C[C@@H]1CC[C@H](C(F)(F)F)OC1. The fourth-order valence-corrected chi connectivity index (χ4v) is 5.19. The van der Waals surface area contributed by atoms with Gasteiger partial charge in [-0.3, -0.25) is 14.7 Å². The molecule has 1 amide bonds. The average Bonchev–Trinajstić information content (AvgIpc) is 3.20. The molecule has 0 unspecified atom stereocenters. The molecule has 1 N–H and O–H groups in total. The first kappa shape index (κ1) is 26.6. The van der Waals surface area contributed by atoms with Crippen LogP contribution in [0.1, 0.15) is 71.0 Å². The summed E-state index contributed by atoms with van der Waals surface area (Å²) < 4.78 is 49.2. The van der Waals surface area contributed by atoms with Crippen molar-refractivity contribution in [2.24, 2.45) is 5.92 Å². The van der Waals surface area contributed by atoms with Gasteiger partial charge >= 0.3 is 6.18 Å². The third-order valence-electron chi connectivity index (χ3n) is 7.13. The standard InChI is InChI=1S/C27H34F3N3O3/c1-4-23-25-21(14-33(23)13-18-7-10-24(36-15-18)27(28,29)30)11-20(12-31-25)26(34)32-22(16-35-3)19-8-5-17(2)6-9-19/h5-6,8-9,11-12,18,22-24H,4,7,10,13-16H2,1-3H3,(H,32,34)/t18-,22-,23-,24+/m0/s1. The summed E-state index contributed by atoms with van der Waals surface area (Å²) in [5, 5.41) is 3.05. The molecule has 0 radical (unpaired) electrons. The van der Waals surface area contributed by atoms with Crippen LogP contribution in [0.4, 0.5) is 13.2 Å². The Bertz CT molecular complexity index is 1040. The maximum atomic E-state index is 13.1. The zero-order valence-electron chi connectivity index (χ0n) is 21.0. The van der Waals surface area contributed by atoms with E-state index >= 15 is 0 Å². The predicted molar refractivity (Wildman–Crippen MR) is 129 cm³/mol. The van der Waals surface area contributed by atoms with Gasteiger partial charge in [-0.05, 0) is 49.3 Å². The largest absolute Gasteiger partial charge is 0.414 e. The molecule has 2 aromatic rings. The highest BCUT2D eigenvalue weighted by Crippen LogP contribution is 2.37. The number of aromatic nitrogens is 1. The van der Waals surface area contributed by atoms with Crippen LogP contribution in [0.2, 0.25) is 0 Å². The highest BCUT2D eigenvalue weighted by molar-refractivity contribution is 5.94. The van der Waals surface area contributed by atoms with Crippen molar-refractivity contribution in [2.75, 3.05) is 26.9 Å². The number of fused-ring (bicyclic) bond motifs is 1. The summed E-state index contributed by atoms with van der Waals surface area (Å²) in [6.07, 6.45) is -3.04. The van der Waals surface area contributed by atoms with E-state index in [1.807, 2.05) is 37.3 Å². The topological polar surface area (TPSA) is 63.7 Å². The van der Waals surface area contributed by atoms with Gasteiger partial charge in [0.25, 0.3) is 5.91 Å². The first-order chi connectivity index (χ1) is 17.2. The van der Waals surface area contributed by atoms with Gasteiger partial charge in [0.1, 0.15) is 0 Å². The van der Waals surface area contributed by atoms with Crippen molar-refractivity contribution in [3.63, 3.8) is 0 Å². The van der Waals surface area contributed by atoms with Crippen molar-refractivity contribution in [1.29, 1.82) is 0 Å². The average molecular weight is 506 g/mol. The number of nitrogens with one attached hydrogen (secondary N) is 1. The van der Waals surface area contributed by atoms with Crippen LogP contribution in [0.3, 0.4) is 0 Å². The van der Waals surface area contributed by atoms with E-state index in [0.717, 1.165) is 28.8 Å². The number of nitrogens with zero attached hydrogens (tertiary/aromatic N) is 2. The number of methoxy groups -OCH3 is 1. The van der Waals surface area contributed by atoms with Gasteiger partial charge in [-0.2, -0.15) is 13.2 Å². The van der Waals surface area contributed by atoms with Crippen LogP contribution in [-0.2, 0) is 16.0 Å². The molecular formula is C27H34F3N3O3. The molecule has 1 fully saturated rings. The minimum atomic E-state index is -4.30. The molecular weight excluding hydrogens is 471 g/mol.